The lowest BCUT2D eigenvalue weighted by Gasteiger charge is -2.07. The van der Waals surface area contributed by atoms with E-state index in [0.717, 1.165) is 0 Å². The summed E-state index contributed by atoms with van der Waals surface area (Å²) < 4.78 is 9.07. The molecule has 0 bridgehead atoms. The highest BCUT2D eigenvalue weighted by molar-refractivity contribution is 6.29. The van der Waals surface area contributed by atoms with Crippen molar-refractivity contribution in [1.29, 1.82) is 0 Å². The molecule has 0 rings (SSSR count). The quantitative estimate of drug-likeness (QED) is 0.480. The van der Waals surface area contributed by atoms with Gasteiger partial charge in [-0.15, -0.1) is 0 Å². The highest BCUT2D eigenvalue weighted by Crippen LogP contribution is 1.94. The third-order valence-corrected chi connectivity index (χ3v) is 1.70. The zero-order chi connectivity index (χ0) is 12.6. The number of aliphatic hydroxyl groups excluding tert-OH is 2. The minimum Gasteiger partial charge on any atom is -0.457 e. The first-order valence-corrected chi connectivity index (χ1v) is 5.13. The summed E-state index contributed by atoms with van der Waals surface area (Å²) in [5, 5.41) is 17.7. The molecule has 94 valence electrons. The molecule has 6 heteroatoms. The molecule has 0 spiro atoms. The second-order valence-electron chi connectivity index (χ2n) is 3.55. The minimum absolute atomic E-state index is 0.0258. The molecular weight excluding hydrogens is 216 g/mol. The van der Waals surface area contributed by atoms with E-state index in [1.54, 1.807) is 13.8 Å². The summed E-state index contributed by atoms with van der Waals surface area (Å²) in [6.45, 7) is 3.05. The van der Waals surface area contributed by atoms with Crippen LogP contribution in [0.15, 0.2) is 0 Å². The topological polar surface area (TPSA) is 93.1 Å². The SMILES string of the molecule is CC(O)CCOC(=O)C(=O)OCCC(C)O. The van der Waals surface area contributed by atoms with Crippen LogP contribution in [0.25, 0.3) is 0 Å². The predicted molar refractivity (Wildman–Crippen MR) is 54.5 cm³/mol. The Morgan fingerprint density at radius 2 is 1.25 bits per heavy atom. The van der Waals surface area contributed by atoms with Crippen LogP contribution >= 0.6 is 0 Å². The fourth-order valence-corrected chi connectivity index (χ4v) is 0.762. The number of rotatable bonds is 6. The summed E-state index contributed by atoms with van der Waals surface area (Å²) in [5.74, 6) is -2.16. The van der Waals surface area contributed by atoms with Gasteiger partial charge in [-0.2, -0.15) is 0 Å². The summed E-state index contributed by atoms with van der Waals surface area (Å²) in [6, 6.07) is 0. The molecule has 16 heavy (non-hydrogen) atoms. The highest BCUT2D eigenvalue weighted by Gasteiger charge is 2.17. The fourth-order valence-electron chi connectivity index (χ4n) is 0.762. The normalized spacial score (nSPS) is 14.0. The fraction of sp³-hybridized carbons (Fsp3) is 0.800. The number of hydrogen-bond donors (Lipinski definition) is 2. The number of carbonyl (C=O) groups is 2. The van der Waals surface area contributed by atoms with Crippen molar-refractivity contribution in [2.45, 2.75) is 38.9 Å². The lowest BCUT2D eigenvalue weighted by atomic mass is 10.3. The average Bonchev–Trinajstić information content (AvgIpc) is 2.16. The van der Waals surface area contributed by atoms with E-state index in [1.165, 1.54) is 0 Å². The van der Waals surface area contributed by atoms with Crippen LogP contribution in [0.3, 0.4) is 0 Å². The second-order valence-corrected chi connectivity index (χ2v) is 3.55. The standard InChI is InChI=1S/C10H18O6/c1-7(11)3-5-15-9(13)10(14)16-6-4-8(2)12/h7-8,11-12H,3-6H2,1-2H3. The molecule has 2 N–H and O–H groups in total. The van der Waals surface area contributed by atoms with E-state index in [1.807, 2.05) is 0 Å². The van der Waals surface area contributed by atoms with Crippen molar-refractivity contribution in [2.75, 3.05) is 13.2 Å². The third kappa shape index (κ3) is 8.19. The Bertz CT molecular complexity index is 199. The summed E-state index contributed by atoms with van der Waals surface area (Å²) in [5.41, 5.74) is 0. The van der Waals surface area contributed by atoms with Crippen molar-refractivity contribution in [3.63, 3.8) is 0 Å². The van der Waals surface area contributed by atoms with E-state index >= 15 is 0 Å². The van der Waals surface area contributed by atoms with Crippen LogP contribution in [-0.4, -0.2) is 47.6 Å². The van der Waals surface area contributed by atoms with Crippen LogP contribution in [0, 0.1) is 0 Å². The first-order chi connectivity index (χ1) is 7.43. The number of aliphatic hydroxyl groups is 2. The van der Waals surface area contributed by atoms with Crippen molar-refractivity contribution >= 4 is 11.9 Å². The average molecular weight is 234 g/mol. The minimum atomic E-state index is -1.08. The molecule has 0 saturated carbocycles. The molecule has 0 amide bonds. The zero-order valence-electron chi connectivity index (χ0n) is 9.51. The van der Waals surface area contributed by atoms with E-state index < -0.39 is 24.1 Å². The summed E-state index contributed by atoms with van der Waals surface area (Å²) in [6.07, 6.45) is -0.627. The Balaban J connectivity index is 3.62. The van der Waals surface area contributed by atoms with Gasteiger partial charge in [0.25, 0.3) is 0 Å². The number of hydrogen-bond acceptors (Lipinski definition) is 6. The van der Waals surface area contributed by atoms with Crippen LogP contribution in [0.2, 0.25) is 0 Å². The van der Waals surface area contributed by atoms with Gasteiger partial charge in [-0.25, -0.2) is 9.59 Å². The number of esters is 2. The Kier molecular flexibility index (Phi) is 7.49. The van der Waals surface area contributed by atoms with Crippen LogP contribution in [0.5, 0.6) is 0 Å². The van der Waals surface area contributed by atoms with Gasteiger partial charge in [0.15, 0.2) is 0 Å². The Morgan fingerprint density at radius 1 is 0.938 bits per heavy atom. The lowest BCUT2D eigenvalue weighted by Crippen LogP contribution is -2.23. The molecule has 0 fully saturated rings. The van der Waals surface area contributed by atoms with Crippen molar-refractivity contribution < 1.29 is 29.3 Å². The molecule has 6 nitrogen and oxygen atoms in total. The molecule has 0 aliphatic carbocycles. The molecule has 0 aliphatic heterocycles. The third-order valence-electron chi connectivity index (χ3n) is 1.70. The van der Waals surface area contributed by atoms with Crippen molar-refractivity contribution in [2.24, 2.45) is 0 Å². The van der Waals surface area contributed by atoms with E-state index in [0.29, 0.717) is 0 Å². The molecule has 0 aliphatic rings. The molecule has 0 saturated heterocycles. The van der Waals surface area contributed by atoms with E-state index in [9.17, 15) is 9.59 Å². The first kappa shape index (κ1) is 14.9. The van der Waals surface area contributed by atoms with Crippen LogP contribution < -0.4 is 0 Å². The maximum Gasteiger partial charge on any atom is 0.417 e. The Hall–Kier alpha value is -1.14. The predicted octanol–water partition coefficient (Wildman–Crippen LogP) is -0.385. The monoisotopic (exact) mass is 234 g/mol. The number of carbonyl (C=O) groups excluding carboxylic acids is 2. The van der Waals surface area contributed by atoms with Gasteiger partial charge in [0, 0.05) is 12.8 Å². The largest absolute Gasteiger partial charge is 0.457 e. The van der Waals surface area contributed by atoms with Gasteiger partial charge in [-0.05, 0) is 13.8 Å². The van der Waals surface area contributed by atoms with Gasteiger partial charge in [0.1, 0.15) is 0 Å². The van der Waals surface area contributed by atoms with Gasteiger partial charge in [-0.1, -0.05) is 0 Å². The second kappa shape index (κ2) is 8.06. The molecule has 0 heterocycles. The van der Waals surface area contributed by atoms with E-state index in [2.05, 4.69) is 9.47 Å². The van der Waals surface area contributed by atoms with E-state index in [4.69, 9.17) is 10.2 Å². The van der Waals surface area contributed by atoms with Crippen LogP contribution in [-0.2, 0) is 19.1 Å². The molecule has 0 aromatic rings. The highest BCUT2D eigenvalue weighted by atomic mass is 16.6. The smallest absolute Gasteiger partial charge is 0.417 e. The molecule has 0 radical (unpaired) electrons. The zero-order valence-corrected chi connectivity index (χ0v) is 9.51. The first-order valence-electron chi connectivity index (χ1n) is 5.13. The van der Waals surface area contributed by atoms with Crippen molar-refractivity contribution in [1.82, 2.24) is 0 Å². The van der Waals surface area contributed by atoms with Gasteiger partial charge in [0.05, 0.1) is 25.4 Å². The van der Waals surface area contributed by atoms with E-state index in [-0.39, 0.29) is 26.1 Å². The maximum atomic E-state index is 11.0. The Morgan fingerprint density at radius 3 is 1.50 bits per heavy atom. The lowest BCUT2D eigenvalue weighted by molar-refractivity contribution is -0.168. The van der Waals surface area contributed by atoms with Gasteiger partial charge >= 0.3 is 11.9 Å². The van der Waals surface area contributed by atoms with Crippen LogP contribution in [0.4, 0.5) is 0 Å². The molecule has 2 atom stereocenters. The van der Waals surface area contributed by atoms with Crippen molar-refractivity contribution in [3.8, 4) is 0 Å². The molecular formula is C10H18O6. The molecule has 2 unspecified atom stereocenters. The molecule has 0 aromatic heterocycles. The van der Waals surface area contributed by atoms with Gasteiger partial charge in [-0.3, -0.25) is 0 Å². The summed E-state index contributed by atoms with van der Waals surface area (Å²) in [7, 11) is 0. The van der Waals surface area contributed by atoms with Gasteiger partial charge in [0.2, 0.25) is 0 Å². The molecule has 0 aromatic carbocycles. The van der Waals surface area contributed by atoms with Crippen LogP contribution in [0.1, 0.15) is 26.7 Å². The summed E-state index contributed by atoms with van der Waals surface area (Å²) in [4.78, 5) is 21.9. The number of ether oxygens (including phenoxy) is 2. The Labute approximate surface area is 94.2 Å². The maximum absolute atomic E-state index is 11.0. The van der Waals surface area contributed by atoms with Crippen molar-refractivity contribution in [3.05, 3.63) is 0 Å². The summed E-state index contributed by atoms with van der Waals surface area (Å²) >= 11 is 0. The van der Waals surface area contributed by atoms with Gasteiger partial charge < -0.3 is 19.7 Å².